The van der Waals surface area contributed by atoms with Gasteiger partial charge >= 0.3 is 0 Å². The van der Waals surface area contributed by atoms with E-state index in [-0.39, 0.29) is 6.42 Å². The van der Waals surface area contributed by atoms with Crippen LogP contribution in [0.25, 0.3) is 0 Å². The van der Waals surface area contributed by atoms with Gasteiger partial charge in [-0.1, -0.05) is 0 Å². The number of aromatic nitrogens is 1. The van der Waals surface area contributed by atoms with Gasteiger partial charge in [0.15, 0.2) is 0 Å². The van der Waals surface area contributed by atoms with Gasteiger partial charge in [-0.15, -0.1) is 0 Å². The van der Waals surface area contributed by atoms with E-state index in [4.69, 9.17) is 5.26 Å². The molecule has 1 aromatic heterocycles. The number of pyridine rings is 1. The smallest absolute Gasteiger partial charge is 0.223 e. The van der Waals surface area contributed by atoms with Crippen molar-refractivity contribution in [2.24, 2.45) is 0 Å². The second-order valence-corrected chi connectivity index (χ2v) is 2.76. The van der Waals surface area contributed by atoms with Gasteiger partial charge in [0.05, 0.1) is 22.7 Å². The van der Waals surface area contributed by atoms with Gasteiger partial charge in [-0.3, -0.25) is 0 Å². The van der Waals surface area contributed by atoms with Crippen molar-refractivity contribution in [3.63, 3.8) is 0 Å². The zero-order chi connectivity index (χ0) is 8.27. The van der Waals surface area contributed by atoms with Gasteiger partial charge in [-0.2, -0.15) is 9.65 Å². The molecule has 0 unspecified atom stereocenters. The van der Waals surface area contributed by atoms with Crippen molar-refractivity contribution in [2.75, 3.05) is 0 Å². The number of halogens is 2. The van der Waals surface area contributed by atoms with Gasteiger partial charge in [0.2, 0.25) is 5.95 Å². The average molecular weight is 215 g/mol. The van der Waals surface area contributed by atoms with Crippen molar-refractivity contribution in [2.45, 2.75) is 6.42 Å². The third-order valence-corrected chi connectivity index (χ3v) is 1.71. The first-order chi connectivity index (χ1) is 5.24. The molecule has 1 heterocycles. The second-order valence-electron chi connectivity index (χ2n) is 1.91. The molecule has 1 aromatic rings. The third-order valence-electron chi connectivity index (χ3n) is 1.12. The van der Waals surface area contributed by atoms with Crippen LogP contribution in [-0.2, 0) is 6.42 Å². The minimum atomic E-state index is -0.572. The highest BCUT2D eigenvalue weighted by Crippen LogP contribution is 2.12. The zero-order valence-corrected chi connectivity index (χ0v) is 7.10. The lowest BCUT2D eigenvalue weighted by molar-refractivity contribution is 0.572. The summed E-state index contributed by atoms with van der Waals surface area (Å²) in [4.78, 5) is 3.53. The molecular weight excluding hydrogens is 211 g/mol. The molecule has 11 heavy (non-hydrogen) atoms. The van der Waals surface area contributed by atoms with E-state index >= 15 is 0 Å². The summed E-state index contributed by atoms with van der Waals surface area (Å²) in [6.45, 7) is 0. The molecule has 0 radical (unpaired) electrons. The summed E-state index contributed by atoms with van der Waals surface area (Å²) in [7, 11) is 0. The van der Waals surface area contributed by atoms with Crippen molar-refractivity contribution < 1.29 is 4.39 Å². The molecule has 0 saturated carbocycles. The maximum atomic E-state index is 12.6. The van der Waals surface area contributed by atoms with Crippen LogP contribution in [-0.4, -0.2) is 4.98 Å². The first kappa shape index (κ1) is 8.15. The molecule has 0 aliphatic carbocycles. The van der Waals surface area contributed by atoms with E-state index in [9.17, 15) is 4.39 Å². The van der Waals surface area contributed by atoms with Gasteiger partial charge in [-0.05, 0) is 28.1 Å². The summed E-state index contributed by atoms with van der Waals surface area (Å²) in [5.41, 5.74) is 0.452. The van der Waals surface area contributed by atoms with Gasteiger partial charge in [0, 0.05) is 0 Å². The molecule has 2 nitrogen and oxygen atoms in total. The maximum Gasteiger partial charge on any atom is 0.227 e. The van der Waals surface area contributed by atoms with Crippen LogP contribution >= 0.6 is 15.9 Å². The highest BCUT2D eigenvalue weighted by molar-refractivity contribution is 9.10. The van der Waals surface area contributed by atoms with E-state index < -0.39 is 5.95 Å². The fourth-order valence-electron chi connectivity index (χ4n) is 0.634. The monoisotopic (exact) mass is 214 g/mol. The molecule has 56 valence electrons. The van der Waals surface area contributed by atoms with Gasteiger partial charge < -0.3 is 0 Å². The van der Waals surface area contributed by atoms with E-state index in [1.165, 1.54) is 6.07 Å². The quantitative estimate of drug-likeness (QED) is 0.672. The molecule has 4 heteroatoms. The summed E-state index contributed by atoms with van der Waals surface area (Å²) in [5, 5.41) is 8.26. The van der Waals surface area contributed by atoms with E-state index in [1.807, 2.05) is 6.07 Å². The Balaban J connectivity index is 2.98. The number of nitrogens with zero attached hydrogens (tertiary/aromatic N) is 2. The maximum absolute atomic E-state index is 12.6. The fourth-order valence-corrected chi connectivity index (χ4v) is 0.855. The molecule has 0 aromatic carbocycles. The summed E-state index contributed by atoms with van der Waals surface area (Å²) in [5.74, 6) is -0.572. The first-order valence-corrected chi connectivity index (χ1v) is 3.71. The molecular formula is C7H4BrFN2. The molecule has 0 aliphatic heterocycles. The highest BCUT2D eigenvalue weighted by Gasteiger charge is 2.00. The Bertz CT molecular complexity index is 306. The minimum absolute atomic E-state index is 0.143. The number of nitriles is 1. The normalized spacial score (nSPS) is 9.18. The van der Waals surface area contributed by atoms with Crippen LogP contribution in [0.3, 0.4) is 0 Å². The lowest BCUT2D eigenvalue weighted by atomic mass is 10.3. The van der Waals surface area contributed by atoms with Crippen LogP contribution in [0.2, 0.25) is 0 Å². The Labute approximate surface area is 71.8 Å². The van der Waals surface area contributed by atoms with E-state index in [1.54, 1.807) is 6.07 Å². The van der Waals surface area contributed by atoms with Gasteiger partial charge in [-0.25, -0.2) is 4.98 Å². The van der Waals surface area contributed by atoms with Crippen LogP contribution in [0.15, 0.2) is 16.6 Å². The number of hydrogen-bond donors (Lipinski definition) is 0. The van der Waals surface area contributed by atoms with Crippen LogP contribution in [0.4, 0.5) is 4.39 Å². The highest BCUT2D eigenvalue weighted by atomic mass is 79.9. The number of rotatable bonds is 1. The molecule has 0 amide bonds. The Hall–Kier alpha value is -0.950. The van der Waals surface area contributed by atoms with Crippen molar-refractivity contribution in [3.8, 4) is 6.07 Å². The average Bonchev–Trinajstić information content (AvgIpc) is 1.98. The van der Waals surface area contributed by atoms with E-state index in [0.29, 0.717) is 10.2 Å². The van der Waals surface area contributed by atoms with Gasteiger partial charge in [0.1, 0.15) is 0 Å². The van der Waals surface area contributed by atoms with Crippen LogP contribution in [0.5, 0.6) is 0 Å². The predicted octanol–water partition coefficient (Wildman–Crippen LogP) is 2.05. The molecule has 0 aliphatic rings. The molecule has 0 fully saturated rings. The van der Waals surface area contributed by atoms with Crippen molar-refractivity contribution in [1.29, 1.82) is 5.26 Å². The van der Waals surface area contributed by atoms with E-state index in [2.05, 4.69) is 20.9 Å². The second kappa shape index (κ2) is 3.44. The molecule has 0 atom stereocenters. The summed E-state index contributed by atoms with van der Waals surface area (Å²) in [6, 6.07) is 5.03. The van der Waals surface area contributed by atoms with Crippen molar-refractivity contribution in [1.82, 2.24) is 4.98 Å². The molecule has 0 bridgehead atoms. The van der Waals surface area contributed by atoms with Gasteiger partial charge in [0.25, 0.3) is 0 Å². The first-order valence-electron chi connectivity index (χ1n) is 2.92. The van der Waals surface area contributed by atoms with Crippen molar-refractivity contribution in [3.05, 3.63) is 28.2 Å². The predicted molar refractivity (Wildman–Crippen MR) is 41.2 cm³/mol. The lowest BCUT2D eigenvalue weighted by Gasteiger charge is -1.94. The Morgan fingerprint density at radius 1 is 1.64 bits per heavy atom. The third kappa shape index (κ3) is 1.99. The Kier molecular flexibility index (Phi) is 2.55. The SMILES string of the molecule is N#CCc1ccc(Br)c(F)n1. The molecule has 0 N–H and O–H groups in total. The summed E-state index contributed by atoms with van der Waals surface area (Å²) in [6.07, 6.45) is 0.143. The summed E-state index contributed by atoms with van der Waals surface area (Å²) < 4.78 is 13.0. The Morgan fingerprint density at radius 3 is 2.91 bits per heavy atom. The Morgan fingerprint density at radius 2 is 2.36 bits per heavy atom. The molecule has 1 rings (SSSR count). The van der Waals surface area contributed by atoms with Crippen LogP contribution < -0.4 is 0 Å². The topological polar surface area (TPSA) is 36.7 Å². The standard InChI is InChI=1S/C7H4BrFN2/c8-6-2-1-5(3-4-10)11-7(6)9/h1-2H,3H2. The minimum Gasteiger partial charge on any atom is -0.223 e. The molecule has 0 saturated heterocycles. The van der Waals surface area contributed by atoms with Crippen molar-refractivity contribution >= 4 is 15.9 Å². The lowest BCUT2D eigenvalue weighted by Crippen LogP contribution is -1.91. The number of hydrogen-bond acceptors (Lipinski definition) is 2. The molecule has 0 spiro atoms. The zero-order valence-electron chi connectivity index (χ0n) is 5.51. The summed E-state index contributed by atoms with van der Waals surface area (Å²) >= 11 is 2.96. The van der Waals surface area contributed by atoms with Crippen LogP contribution in [0.1, 0.15) is 5.69 Å². The van der Waals surface area contributed by atoms with Crippen LogP contribution in [0, 0.1) is 17.3 Å². The van der Waals surface area contributed by atoms with E-state index in [0.717, 1.165) is 0 Å². The largest absolute Gasteiger partial charge is 0.227 e. The fraction of sp³-hybridized carbons (Fsp3) is 0.143.